The first-order chi connectivity index (χ1) is 8.25. The molecule has 0 aromatic carbocycles. The van der Waals surface area contributed by atoms with Crippen LogP contribution in [-0.2, 0) is 4.79 Å². The standard InChI is InChI=1S/C12H21N3O2/c16-11(17)12(15-8-4-13-5-9-15)3-7-14-6-1-2-10(12)14/h10,13H,1-9H2,(H,16,17). The molecular weight excluding hydrogens is 218 g/mol. The van der Waals surface area contributed by atoms with Gasteiger partial charge in [-0.15, -0.1) is 0 Å². The van der Waals surface area contributed by atoms with Gasteiger partial charge < -0.3 is 10.4 Å². The molecule has 96 valence electrons. The van der Waals surface area contributed by atoms with Crippen LogP contribution in [0, 0.1) is 0 Å². The molecule has 3 rings (SSSR count). The van der Waals surface area contributed by atoms with Crippen LogP contribution in [0.1, 0.15) is 19.3 Å². The minimum Gasteiger partial charge on any atom is -0.480 e. The molecule has 3 saturated heterocycles. The van der Waals surface area contributed by atoms with Crippen molar-refractivity contribution in [1.29, 1.82) is 0 Å². The number of aliphatic carboxylic acids is 1. The maximum atomic E-state index is 11.9. The number of nitrogens with zero attached hydrogens (tertiary/aromatic N) is 2. The first-order valence-corrected chi connectivity index (χ1v) is 6.68. The number of nitrogens with one attached hydrogen (secondary N) is 1. The van der Waals surface area contributed by atoms with E-state index < -0.39 is 11.5 Å². The third kappa shape index (κ3) is 1.60. The maximum Gasteiger partial charge on any atom is 0.325 e. The number of fused-ring (bicyclic) bond motifs is 1. The van der Waals surface area contributed by atoms with Gasteiger partial charge in [0.1, 0.15) is 5.54 Å². The normalized spacial score (nSPS) is 39.4. The monoisotopic (exact) mass is 239 g/mol. The molecule has 3 fully saturated rings. The summed E-state index contributed by atoms with van der Waals surface area (Å²) in [4.78, 5) is 16.5. The summed E-state index contributed by atoms with van der Waals surface area (Å²) in [7, 11) is 0. The molecule has 3 heterocycles. The molecule has 0 amide bonds. The summed E-state index contributed by atoms with van der Waals surface area (Å²) in [6.45, 7) is 5.63. The molecule has 3 aliphatic rings. The average Bonchev–Trinajstić information content (AvgIpc) is 2.90. The van der Waals surface area contributed by atoms with E-state index in [4.69, 9.17) is 0 Å². The van der Waals surface area contributed by atoms with E-state index in [0.717, 1.165) is 58.5 Å². The van der Waals surface area contributed by atoms with Gasteiger partial charge in [0.05, 0.1) is 0 Å². The summed E-state index contributed by atoms with van der Waals surface area (Å²) in [5, 5.41) is 13.1. The van der Waals surface area contributed by atoms with Crippen LogP contribution >= 0.6 is 0 Å². The SMILES string of the molecule is O=C(O)C1(N2CCNCC2)CCN2CCCC21. The molecule has 0 aromatic heterocycles. The minimum atomic E-state index is -0.603. The van der Waals surface area contributed by atoms with E-state index in [2.05, 4.69) is 15.1 Å². The van der Waals surface area contributed by atoms with Gasteiger partial charge in [-0.25, -0.2) is 0 Å². The fourth-order valence-corrected chi connectivity index (χ4v) is 3.93. The molecule has 2 N–H and O–H groups in total. The van der Waals surface area contributed by atoms with Gasteiger partial charge in [0.15, 0.2) is 0 Å². The van der Waals surface area contributed by atoms with Crippen LogP contribution < -0.4 is 5.32 Å². The van der Waals surface area contributed by atoms with E-state index in [1.54, 1.807) is 0 Å². The molecule has 2 unspecified atom stereocenters. The Kier molecular flexibility index (Phi) is 2.84. The summed E-state index contributed by atoms with van der Waals surface area (Å²) in [6.07, 6.45) is 3.01. The van der Waals surface area contributed by atoms with E-state index >= 15 is 0 Å². The second-order valence-electron chi connectivity index (χ2n) is 5.41. The molecule has 0 saturated carbocycles. The van der Waals surface area contributed by atoms with Crippen molar-refractivity contribution in [3.63, 3.8) is 0 Å². The number of rotatable bonds is 2. The highest BCUT2D eigenvalue weighted by molar-refractivity contribution is 5.80. The number of piperazine rings is 1. The summed E-state index contributed by atoms with van der Waals surface area (Å²) < 4.78 is 0. The topological polar surface area (TPSA) is 55.8 Å². The molecular formula is C12H21N3O2. The predicted octanol–water partition coefficient (Wildman–Crippen LogP) is -0.417. The quantitative estimate of drug-likeness (QED) is 0.686. The predicted molar refractivity (Wildman–Crippen MR) is 64.0 cm³/mol. The van der Waals surface area contributed by atoms with Gasteiger partial charge in [0.25, 0.3) is 0 Å². The Morgan fingerprint density at radius 2 is 2.00 bits per heavy atom. The Morgan fingerprint density at radius 1 is 1.24 bits per heavy atom. The van der Waals surface area contributed by atoms with Gasteiger partial charge >= 0.3 is 5.97 Å². The van der Waals surface area contributed by atoms with Crippen molar-refractivity contribution in [3.05, 3.63) is 0 Å². The molecule has 5 nitrogen and oxygen atoms in total. The zero-order valence-corrected chi connectivity index (χ0v) is 10.2. The molecule has 0 aromatic rings. The van der Waals surface area contributed by atoms with Gasteiger partial charge in [-0.05, 0) is 25.8 Å². The summed E-state index contributed by atoms with van der Waals surface area (Å²) in [5.41, 5.74) is -0.599. The Morgan fingerprint density at radius 3 is 2.71 bits per heavy atom. The van der Waals surface area contributed by atoms with Crippen LogP contribution in [0.5, 0.6) is 0 Å². The third-order valence-electron chi connectivity index (χ3n) is 4.75. The minimum absolute atomic E-state index is 0.248. The number of carboxylic acids is 1. The van der Waals surface area contributed by atoms with Crippen molar-refractivity contribution < 1.29 is 9.90 Å². The summed E-state index contributed by atoms with van der Waals surface area (Å²) in [5.74, 6) is -0.603. The lowest BCUT2D eigenvalue weighted by molar-refractivity contribution is -0.154. The zero-order chi connectivity index (χ0) is 11.9. The van der Waals surface area contributed by atoms with E-state index in [9.17, 15) is 9.90 Å². The summed E-state index contributed by atoms with van der Waals surface area (Å²) in [6, 6.07) is 0.248. The highest BCUT2D eigenvalue weighted by Gasteiger charge is 2.57. The van der Waals surface area contributed by atoms with E-state index in [1.165, 1.54) is 0 Å². The Hall–Kier alpha value is -0.650. The van der Waals surface area contributed by atoms with Gasteiger partial charge in [-0.1, -0.05) is 0 Å². The van der Waals surface area contributed by atoms with E-state index in [1.807, 2.05) is 0 Å². The first-order valence-electron chi connectivity index (χ1n) is 6.68. The number of carbonyl (C=O) groups is 1. The average molecular weight is 239 g/mol. The molecule has 3 aliphatic heterocycles. The largest absolute Gasteiger partial charge is 0.480 e. The lowest BCUT2D eigenvalue weighted by atomic mass is 9.86. The smallest absolute Gasteiger partial charge is 0.325 e. The Labute approximate surface area is 102 Å². The van der Waals surface area contributed by atoms with Crippen LogP contribution in [0.25, 0.3) is 0 Å². The lowest BCUT2D eigenvalue weighted by Gasteiger charge is -2.43. The first kappa shape index (κ1) is 11.4. The number of carboxylic acid groups (broad SMARTS) is 1. The van der Waals surface area contributed by atoms with E-state index in [-0.39, 0.29) is 6.04 Å². The number of hydrogen-bond acceptors (Lipinski definition) is 4. The van der Waals surface area contributed by atoms with Crippen molar-refractivity contribution in [2.75, 3.05) is 39.3 Å². The maximum absolute atomic E-state index is 11.9. The fourth-order valence-electron chi connectivity index (χ4n) is 3.93. The van der Waals surface area contributed by atoms with Crippen LogP contribution in [0.15, 0.2) is 0 Å². The lowest BCUT2D eigenvalue weighted by Crippen LogP contribution is -2.64. The molecule has 5 heteroatoms. The van der Waals surface area contributed by atoms with Crippen LogP contribution in [0.4, 0.5) is 0 Å². The van der Waals surface area contributed by atoms with Crippen molar-refractivity contribution in [2.24, 2.45) is 0 Å². The van der Waals surface area contributed by atoms with Crippen LogP contribution in [0.2, 0.25) is 0 Å². The van der Waals surface area contributed by atoms with Gasteiger partial charge in [-0.3, -0.25) is 14.6 Å². The molecule has 0 radical (unpaired) electrons. The summed E-state index contributed by atoms with van der Waals surface area (Å²) >= 11 is 0. The fraction of sp³-hybridized carbons (Fsp3) is 0.917. The van der Waals surface area contributed by atoms with Crippen molar-refractivity contribution in [1.82, 2.24) is 15.1 Å². The van der Waals surface area contributed by atoms with Gasteiger partial charge in [0.2, 0.25) is 0 Å². The van der Waals surface area contributed by atoms with Crippen molar-refractivity contribution >= 4 is 5.97 Å². The van der Waals surface area contributed by atoms with Crippen LogP contribution in [-0.4, -0.2) is 71.7 Å². The van der Waals surface area contributed by atoms with Crippen molar-refractivity contribution in [3.8, 4) is 0 Å². The molecule has 0 aliphatic carbocycles. The van der Waals surface area contributed by atoms with Crippen molar-refractivity contribution in [2.45, 2.75) is 30.8 Å². The zero-order valence-electron chi connectivity index (χ0n) is 10.2. The van der Waals surface area contributed by atoms with E-state index in [0.29, 0.717) is 0 Å². The highest BCUT2D eigenvalue weighted by atomic mass is 16.4. The second kappa shape index (κ2) is 4.23. The number of hydrogen-bond donors (Lipinski definition) is 2. The Bertz CT molecular complexity index is 317. The highest BCUT2D eigenvalue weighted by Crippen LogP contribution is 2.40. The third-order valence-corrected chi connectivity index (χ3v) is 4.75. The molecule has 2 atom stereocenters. The molecule has 0 spiro atoms. The molecule has 0 bridgehead atoms. The second-order valence-corrected chi connectivity index (χ2v) is 5.41. The van der Waals surface area contributed by atoms with Gasteiger partial charge in [0, 0.05) is 38.8 Å². The van der Waals surface area contributed by atoms with Gasteiger partial charge in [-0.2, -0.15) is 0 Å². The Balaban J connectivity index is 1.89. The van der Waals surface area contributed by atoms with Crippen LogP contribution in [0.3, 0.4) is 0 Å². The molecule has 17 heavy (non-hydrogen) atoms.